The van der Waals surface area contributed by atoms with E-state index in [4.69, 9.17) is 0 Å². The molecule has 0 spiro atoms. The number of hydrogen-bond acceptors (Lipinski definition) is 2. The second kappa shape index (κ2) is 7.53. The van der Waals surface area contributed by atoms with Gasteiger partial charge in [-0.3, -0.25) is 4.79 Å². The standard InChI is InChI=1S/C18H20BrNO/c1-14-6-3-4-7-16(14)13-20(2)11-10-18(21)15-8-5-9-17(19)12-15/h3-9,12H,10-11,13H2,1-2H3. The van der Waals surface area contributed by atoms with Crippen LogP contribution in [0.25, 0.3) is 0 Å². The van der Waals surface area contributed by atoms with Gasteiger partial charge in [-0.2, -0.15) is 0 Å². The van der Waals surface area contributed by atoms with Gasteiger partial charge in [0.25, 0.3) is 0 Å². The van der Waals surface area contributed by atoms with Crippen LogP contribution >= 0.6 is 15.9 Å². The van der Waals surface area contributed by atoms with E-state index >= 15 is 0 Å². The molecule has 3 heteroatoms. The number of rotatable bonds is 6. The van der Waals surface area contributed by atoms with Gasteiger partial charge >= 0.3 is 0 Å². The molecule has 110 valence electrons. The van der Waals surface area contributed by atoms with Gasteiger partial charge in [-0.25, -0.2) is 0 Å². The Kier molecular flexibility index (Phi) is 5.71. The monoisotopic (exact) mass is 345 g/mol. The van der Waals surface area contributed by atoms with Gasteiger partial charge in [0.2, 0.25) is 0 Å². The highest BCUT2D eigenvalue weighted by atomic mass is 79.9. The Hall–Kier alpha value is -1.45. The van der Waals surface area contributed by atoms with E-state index in [9.17, 15) is 4.79 Å². The molecular weight excluding hydrogens is 326 g/mol. The number of halogens is 1. The summed E-state index contributed by atoms with van der Waals surface area (Å²) in [5.41, 5.74) is 3.38. The highest BCUT2D eigenvalue weighted by Crippen LogP contribution is 2.14. The van der Waals surface area contributed by atoms with Gasteiger partial charge in [0.1, 0.15) is 0 Å². The van der Waals surface area contributed by atoms with Crippen LogP contribution in [-0.4, -0.2) is 24.3 Å². The van der Waals surface area contributed by atoms with Crippen LogP contribution in [0, 0.1) is 6.92 Å². The van der Waals surface area contributed by atoms with Crippen LogP contribution in [0.5, 0.6) is 0 Å². The van der Waals surface area contributed by atoms with Gasteiger partial charge in [0, 0.05) is 29.5 Å². The van der Waals surface area contributed by atoms with Crippen LogP contribution in [0.2, 0.25) is 0 Å². The summed E-state index contributed by atoms with van der Waals surface area (Å²) < 4.78 is 0.946. The van der Waals surface area contributed by atoms with E-state index in [0.29, 0.717) is 6.42 Å². The van der Waals surface area contributed by atoms with Crippen molar-refractivity contribution in [1.29, 1.82) is 0 Å². The van der Waals surface area contributed by atoms with E-state index < -0.39 is 0 Å². The zero-order chi connectivity index (χ0) is 15.2. The Morgan fingerprint density at radius 2 is 1.90 bits per heavy atom. The average molecular weight is 346 g/mol. The second-order valence-corrected chi connectivity index (χ2v) is 6.26. The van der Waals surface area contributed by atoms with E-state index in [1.165, 1.54) is 11.1 Å². The first-order valence-corrected chi connectivity index (χ1v) is 7.87. The highest BCUT2D eigenvalue weighted by Gasteiger charge is 2.09. The number of hydrogen-bond donors (Lipinski definition) is 0. The number of aryl methyl sites for hydroxylation is 1. The summed E-state index contributed by atoms with van der Waals surface area (Å²) in [6.07, 6.45) is 0.541. The maximum Gasteiger partial charge on any atom is 0.164 e. The van der Waals surface area contributed by atoms with Crippen molar-refractivity contribution in [2.45, 2.75) is 19.9 Å². The van der Waals surface area contributed by atoms with Crippen molar-refractivity contribution in [3.05, 3.63) is 69.7 Å². The number of carbonyl (C=O) groups is 1. The van der Waals surface area contributed by atoms with Gasteiger partial charge in [-0.15, -0.1) is 0 Å². The molecule has 0 heterocycles. The molecule has 0 saturated heterocycles. The molecule has 0 saturated carbocycles. The third-order valence-electron chi connectivity index (χ3n) is 3.57. The average Bonchev–Trinajstić information content (AvgIpc) is 2.47. The van der Waals surface area contributed by atoms with Gasteiger partial charge < -0.3 is 4.90 Å². The predicted molar refractivity (Wildman–Crippen MR) is 90.6 cm³/mol. The van der Waals surface area contributed by atoms with Gasteiger partial charge in [-0.05, 0) is 37.2 Å². The number of carbonyl (C=O) groups excluding carboxylic acids is 1. The van der Waals surface area contributed by atoms with Crippen molar-refractivity contribution in [2.75, 3.05) is 13.6 Å². The van der Waals surface area contributed by atoms with E-state index in [1.54, 1.807) is 0 Å². The van der Waals surface area contributed by atoms with E-state index in [0.717, 1.165) is 23.1 Å². The molecule has 0 bridgehead atoms. The SMILES string of the molecule is Cc1ccccc1CN(C)CCC(=O)c1cccc(Br)c1. The van der Waals surface area contributed by atoms with Crippen molar-refractivity contribution in [1.82, 2.24) is 4.90 Å². The maximum atomic E-state index is 12.2. The molecular formula is C18H20BrNO. The summed E-state index contributed by atoms with van der Waals surface area (Å²) in [5.74, 6) is 0.188. The molecule has 0 aliphatic carbocycles. The maximum absolute atomic E-state index is 12.2. The van der Waals surface area contributed by atoms with Gasteiger partial charge in [0.15, 0.2) is 5.78 Å². The number of nitrogens with zero attached hydrogens (tertiary/aromatic N) is 1. The molecule has 0 aliphatic heterocycles. The largest absolute Gasteiger partial charge is 0.302 e. The van der Waals surface area contributed by atoms with E-state index in [2.05, 4.69) is 59.1 Å². The summed E-state index contributed by atoms with van der Waals surface area (Å²) in [7, 11) is 2.06. The fourth-order valence-electron chi connectivity index (χ4n) is 2.26. The number of benzene rings is 2. The molecule has 2 rings (SSSR count). The van der Waals surface area contributed by atoms with Crippen LogP contribution in [0.4, 0.5) is 0 Å². The lowest BCUT2D eigenvalue weighted by molar-refractivity contribution is 0.0968. The lowest BCUT2D eigenvalue weighted by Gasteiger charge is -2.17. The molecule has 21 heavy (non-hydrogen) atoms. The van der Waals surface area contributed by atoms with E-state index in [-0.39, 0.29) is 5.78 Å². The van der Waals surface area contributed by atoms with Crippen LogP contribution in [0.1, 0.15) is 27.9 Å². The third-order valence-corrected chi connectivity index (χ3v) is 4.06. The van der Waals surface area contributed by atoms with E-state index in [1.807, 2.05) is 24.3 Å². The van der Waals surface area contributed by atoms with Gasteiger partial charge in [-0.1, -0.05) is 52.3 Å². The number of Topliss-reactive ketones (excluding diaryl/α,β-unsaturated/α-hetero) is 1. The minimum absolute atomic E-state index is 0.188. The van der Waals surface area contributed by atoms with Crippen molar-refractivity contribution in [3.8, 4) is 0 Å². The Labute approximate surface area is 134 Å². The van der Waals surface area contributed by atoms with Crippen LogP contribution in [0.15, 0.2) is 53.0 Å². The fraction of sp³-hybridized carbons (Fsp3) is 0.278. The first kappa shape index (κ1) is 15.9. The smallest absolute Gasteiger partial charge is 0.164 e. The molecule has 0 amide bonds. The van der Waals surface area contributed by atoms with Crippen LogP contribution in [-0.2, 0) is 6.54 Å². The van der Waals surface area contributed by atoms with Crippen molar-refractivity contribution >= 4 is 21.7 Å². The summed E-state index contributed by atoms with van der Waals surface area (Å²) in [6.45, 7) is 3.76. The zero-order valence-corrected chi connectivity index (χ0v) is 14.1. The Morgan fingerprint density at radius 1 is 1.14 bits per heavy atom. The summed E-state index contributed by atoms with van der Waals surface area (Å²) in [5, 5.41) is 0. The lowest BCUT2D eigenvalue weighted by Crippen LogP contribution is -2.22. The first-order valence-electron chi connectivity index (χ1n) is 7.08. The molecule has 2 nitrogen and oxygen atoms in total. The minimum atomic E-state index is 0.188. The molecule has 2 aromatic carbocycles. The molecule has 0 unspecified atom stereocenters. The summed E-state index contributed by atoms with van der Waals surface area (Å²) in [6, 6.07) is 15.9. The number of ketones is 1. The molecule has 0 aliphatic rings. The minimum Gasteiger partial charge on any atom is -0.302 e. The van der Waals surface area contributed by atoms with Crippen molar-refractivity contribution in [3.63, 3.8) is 0 Å². The predicted octanol–water partition coefficient (Wildman–Crippen LogP) is 4.46. The quantitative estimate of drug-likeness (QED) is 0.720. The lowest BCUT2D eigenvalue weighted by atomic mass is 10.1. The molecule has 2 aromatic rings. The summed E-state index contributed by atoms with van der Waals surface area (Å²) in [4.78, 5) is 14.4. The summed E-state index contributed by atoms with van der Waals surface area (Å²) >= 11 is 3.40. The van der Waals surface area contributed by atoms with Gasteiger partial charge in [0.05, 0.1) is 0 Å². The van der Waals surface area contributed by atoms with Crippen LogP contribution < -0.4 is 0 Å². The highest BCUT2D eigenvalue weighted by molar-refractivity contribution is 9.10. The molecule has 0 radical (unpaired) electrons. The molecule has 0 aromatic heterocycles. The third kappa shape index (κ3) is 4.80. The molecule has 0 N–H and O–H groups in total. The molecule has 0 fully saturated rings. The van der Waals surface area contributed by atoms with Crippen LogP contribution in [0.3, 0.4) is 0 Å². The normalized spacial score (nSPS) is 10.9. The first-order chi connectivity index (χ1) is 10.1. The fourth-order valence-corrected chi connectivity index (χ4v) is 2.66. The van der Waals surface area contributed by atoms with Crippen molar-refractivity contribution in [2.24, 2.45) is 0 Å². The Bertz CT molecular complexity index is 624. The zero-order valence-electron chi connectivity index (χ0n) is 12.5. The molecule has 0 atom stereocenters. The topological polar surface area (TPSA) is 20.3 Å². The Morgan fingerprint density at radius 3 is 2.62 bits per heavy atom. The Balaban J connectivity index is 1.88. The van der Waals surface area contributed by atoms with Crippen molar-refractivity contribution < 1.29 is 4.79 Å². The second-order valence-electron chi connectivity index (χ2n) is 5.35.